The van der Waals surface area contributed by atoms with Crippen molar-refractivity contribution in [1.29, 1.82) is 0 Å². The molecule has 1 aromatic heterocycles. The van der Waals surface area contributed by atoms with E-state index in [2.05, 4.69) is 10.3 Å². The van der Waals surface area contributed by atoms with Gasteiger partial charge in [-0.15, -0.1) is 0 Å². The molecular formula is C11H14FN3O2. The van der Waals surface area contributed by atoms with E-state index in [1.54, 1.807) is 6.92 Å². The fourth-order valence-corrected chi connectivity index (χ4v) is 1.30. The molecule has 0 fully saturated rings. The molecule has 1 heterocycles. The maximum absolute atomic E-state index is 12.9. The van der Waals surface area contributed by atoms with Crippen LogP contribution in [0, 0.1) is 5.95 Å². The van der Waals surface area contributed by atoms with Crippen LogP contribution in [0.2, 0.25) is 0 Å². The van der Waals surface area contributed by atoms with Crippen LogP contribution in [0.15, 0.2) is 18.3 Å². The zero-order valence-corrected chi connectivity index (χ0v) is 9.74. The molecule has 0 bridgehead atoms. The minimum absolute atomic E-state index is 0.0459. The number of carbonyl (C=O) groups excluding carboxylic acids is 2. The van der Waals surface area contributed by atoms with E-state index in [0.717, 1.165) is 6.07 Å². The Morgan fingerprint density at radius 2 is 2.24 bits per heavy atom. The smallest absolute Gasteiger partial charge is 0.254 e. The standard InChI is InChI=1S/C11H14FN3O2/c1-3-15(7-10(16)13-2)11(17)8-4-5-14-9(12)6-8/h4-6H,3,7H2,1-2H3,(H,13,16). The van der Waals surface area contributed by atoms with Gasteiger partial charge in [0.1, 0.15) is 0 Å². The number of likely N-dealkylation sites (N-methyl/N-ethyl adjacent to an activating group) is 2. The molecule has 92 valence electrons. The molecule has 0 aliphatic heterocycles. The summed E-state index contributed by atoms with van der Waals surface area (Å²) in [6, 6.07) is 2.47. The first-order valence-corrected chi connectivity index (χ1v) is 5.20. The molecule has 1 rings (SSSR count). The van der Waals surface area contributed by atoms with E-state index in [-0.39, 0.29) is 18.0 Å². The summed E-state index contributed by atoms with van der Waals surface area (Å²) in [6.45, 7) is 2.07. The minimum Gasteiger partial charge on any atom is -0.358 e. The van der Waals surface area contributed by atoms with Crippen molar-refractivity contribution in [3.05, 3.63) is 29.8 Å². The van der Waals surface area contributed by atoms with Crippen molar-refractivity contribution in [3.63, 3.8) is 0 Å². The summed E-state index contributed by atoms with van der Waals surface area (Å²) in [5, 5.41) is 2.43. The molecule has 1 aromatic rings. The van der Waals surface area contributed by atoms with Gasteiger partial charge in [0, 0.05) is 31.4 Å². The van der Waals surface area contributed by atoms with E-state index in [9.17, 15) is 14.0 Å². The number of hydrogen-bond donors (Lipinski definition) is 1. The number of amides is 2. The molecule has 5 nitrogen and oxygen atoms in total. The lowest BCUT2D eigenvalue weighted by molar-refractivity contribution is -0.121. The van der Waals surface area contributed by atoms with Crippen LogP contribution < -0.4 is 5.32 Å². The number of halogens is 1. The summed E-state index contributed by atoms with van der Waals surface area (Å²) >= 11 is 0. The number of hydrogen-bond acceptors (Lipinski definition) is 3. The summed E-state index contributed by atoms with van der Waals surface area (Å²) in [5.41, 5.74) is 0.184. The van der Waals surface area contributed by atoms with E-state index in [4.69, 9.17) is 0 Å². The van der Waals surface area contributed by atoms with Gasteiger partial charge < -0.3 is 10.2 Å². The number of nitrogens with one attached hydrogen (secondary N) is 1. The highest BCUT2D eigenvalue weighted by Gasteiger charge is 2.17. The summed E-state index contributed by atoms with van der Waals surface area (Å²) in [6.07, 6.45) is 1.22. The molecule has 1 N–H and O–H groups in total. The number of pyridine rings is 1. The topological polar surface area (TPSA) is 62.3 Å². The minimum atomic E-state index is -0.716. The lowest BCUT2D eigenvalue weighted by Gasteiger charge is -2.19. The maximum atomic E-state index is 12.9. The van der Waals surface area contributed by atoms with E-state index in [1.807, 2.05) is 0 Å². The lowest BCUT2D eigenvalue weighted by Crippen LogP contribution is -2.39. The first-order chi connectivity index (χ1) is 8.08. The molecule has 0 saturated heterocycles. The molecule has 0 unspecified atom stereocenters. The Hall–Kier alpha value is -1.98. The van der Waals surface area contributed by atoms with E-state index in [0.29, 0.717) is 6.54 Å². The quantitative estimate of drug-likeness (QED) is 0.775. The third-order valence-corrected chi connectivity index (χ3v) is 2.26. The van der Waals surface area contributed by atoms with Gasteiger partial charge in [-0.25, -0.2) is 4.98 Å². The maximum Gasteiger partial charge on any atom is 0.254 e. The van der Waals surface area contributed by atoms with E-state index < -0.39 is 11.9 Å². The third-order valence-electron chi connectivity index (χ3n) is 2.26. The fourth-order valence-electron chi connectivity index (χ4n) is 1.30. The second kappa shape index (κ2) is 5.93. The Labute approximate surface area is 98.6 Å². The van der Waals surface area contributed by atoms with Crippen molar-refractivity contribution in [2.45, 2.75) is 6.92 Å². The molecule has 17 heavy (non-hydrogen) atoms. The molecule has 0 saturated carbocycles. The molecule has 0 aliphatic carbocycles. The predicted molar refractivity (Wildman–Crippen MR) is 59.8 cm³/mol. The molecular weight excluding hydrogens is 225 g/mol. The van der Waals surface area contributed by atoms with E-state index >= 15 is 0 Å². The van der Waals surface area contributed by atoms with Gasteiger partial charge in [0.15, 0.2) is 0 Å². The molecule has 6 heteroatoms. The van der Waals surface area contributed by atoms with Crippen LogP contribution in [0.4, 0.5) is 4.39 Å². The zero-order valence-electron chi connectivity index (χ0n) is 9.74. The molecule has 2 amide bonds. The van der Waals surface area contributed by atoms with Gasteiger partial charge in [-0.1, -0.05) is 0 Å². The fraction of sp³-hybridized carbons (Fsp3) is 0.364. The van der Waals surface area contributed by atoms with E-state index in [1.165, 1.54) is 24.2 Å². The predicted octanol–water partition coefficient (Wildman–Crippen LogP) is 0.429. The Morgan fingerprint density at radius 1 is 1.53 bits per heavy atom. The van der Waals surface area contributed by atoms with Crippen LogP contribution in [-0.4, -0.2) is 41.8 Å². The van der Waals surface area contributed by atoms with Crippen molar-refractivity contribution in [2.24, 2.45) is 0 Å². The van der Waals surface area contributed by atoms with Gasteiger partial charge in [-0.3, -0.25) is 9.59 Å². The first-order valence-electron chi connectivity index (χ1n) is 5.20. The number of carbonyl (C=O) groups is 2. The Balaban J connectivity index is 2.82. The molecule has 0 aliphatic rings. The number of rotatable bonds is 4. The van der Waals surface area contributed by atoms with Crippen molar-refractivity contribution >= 4 is 11.8 Å². The summed E-state index contributed by atoms with van der Waals surface area (Å²) in [5.74, 6) is -1.38. The van der Waals surface area contributed by atoms with Crippen LogP contribution in [0.3, 0.4) is 0 Å². The van der Waals surface area contributed by atoms with Crippen molar-refractivity contribution in [2.75, 3.05) is 20.1 Å². The summed E-state index contributed by atoms with van der Waals surface area (Å²) in [4.78, 5) is 27.8. The van der Waals surface area contributed by atoms with Crippen LogP contribution in [0.5, 0.6) is 0 Å². The second-order valence-electron chi connectivity index (χ2n) is 3.36. The van der Waals surface area contributed by atoms with Crippen LogP contribution in [0.1, 0.15) is 17.3 Å². The first kappa shape index (κ1) is 13.1. The molecule has 0 radical (unpaired) electrons. The molecule has 0 aromatic carbocycles. The zero-order chi connectivity index (χ0) is 12.8. The lowest BCUT2D eigenvalue weighted by atomic mass is 10.2. The number of aromatic nitrogens is 1. The highest BCUT2D eigenvalue weighted by Crippen LogP contribution is 2.05. The Bertz CT molecular complexity index is 423. The van der Waals surface area contributed by atoms with Gasteiger partial charge in [0.05, 0.1) is 6.54 Å². The normalized spacial score (nSPS) is 9.82. The number of nitrogens with zero attached hydrogens (tertiary/aromatic N) is 2. The van der Waals surface area contributed by atoms with Crippen molar-refractivity contribution in [3.8, 4) is 0 Å². The average molecular weight is 239 g/mol. The van der Waals surface area contributed by atoms with Gasteiger partial charge in [-0.05, 0) is 13.0 Å². The van der Waals surface area contributed by atoms with Gasteiger partial charge in [-0.2, -0.15) is 4.39 Å². The van der Waals surface area contributed by atoms with Crippen molar-refractivity contribution < 1.29 is 14.0 Å². The summed E-state index contributed by atoms with van der Waals surface area (Å²) < 4.78 is 12.9. The monoisotopic (exact) mass is 239 g/mol. The molecule has 0 atom stereocenters. The van der Waals surface area contributed by atoms with Gasteiger partial charge in [0.2, 0.25) is 11.9 Å². The highest BCUT2D eigenvalue weighted by atomic mass is 19.1. The van der Waals surface area contributed by atoms with Crippen LogP contribution in [-0.2, 0) is 4.79 Å². The third kappa shape index (κ3) is 3.51. The van der Waals surface area contributed by atoms with Gasteiger partial charge >= 0.3 is 0 Å². The van der Waals surface area contributed by atoms with Crippen molar-refractivity contribution in [1.82, 2.24) is 15.2 Å². The van der Waals surface area contributed by atoms with Crippen LogP contribution >= 0.6 is 0 Å². The average Bonchev–Trinajstić information content (AvgIpc) is 2.34. The second-order valence-corrected chi connectivity index (χ2v) is 3.36. The summed E-state index contributed by atoms with van der Waals surface area (Å²) in [7, 11) is 1.49. The Kier molecular flexibility index (Phi) is 4.56. The largest absolute Gasteiger partial charge is 0.358 e. The molecule has 0 spiro atoms. The highest BCUT2D eigenvalue weighted by molar-refractivity contribution is 5.96. The Morgan fingerprint density at radius 3 is 2.76 bits per heavy atom. The van der Waals surface area contributed by atoms with Gasteiger partial charge in [0.25, 0.3) is 5.91 Å². The SMILES string of the molecule is CCN(CC(=O)NC)C(=O)c1ccnc(F)c1. The van der Waals surface area contributed by atoms with Crippen LogP contribution in [0.25, 0.3) is 0 Å².